The monoisotopic (exact) mass is 348 g/mol. The van der Waals surface area contributed by atoms with Gasteiger partial charge >= 0.3 is 0 Å². The van der Waals surface area contributed by atoms with Gasteiger partial charge in [-0.1, -0.05) is 54.1 Å². The number of hydrogen-bond donors (Lipinski definition) is 3. The normalized spacial score (nSPS) is 10.3. The lowest BCUT2D eigenvalue weighted by Gasteiger charge is -2.09. The molecule has 0 aromatic heterocycles. The van der Waals surface area contributed by atoms with Gasteiger partial charge in [0.25, 0.3) is 0 Å². The first-order chi connectivity index (χ1) is 12.2. The molecular formula is C20H17ClN4. The predicted octanol–water partition coefficient (Wildman–Crippen LogP) is 5.98. The van der Waals surface area contributed by atoms with Crippen molar-refractivity contribution >= 4 is 23.1 Å². The fourth-order valence-corrected chi connectivity index (χ4v) is 2.76. The quantitative estimate of drug-likeness (QED) is 0.296. The summed E-state index contributed by atoms with van der Waals surface area (Å²) in [5.41, 5.74) is 11.7. The summed E-state index contributed by atoms with van der Waals surface area (Å²) in [5.74, 6) is -0.0401. The first kappa shape index (κ1) is 16.9. The van der Waals surface area contributed by atoms with Gasteiger partial charge in [-0.2, -0.15) is 0 Å². The minimum Gasteiger partial charge on any atom is -0.381 e. The van der Waals surface area contributed by atoms with Crippen molar-refractivity contribution in [2.24, 2.45) is 5.11 Å². The Labute approximate surface area is 151 Å². The summed E-state index contributed by atoms with van der Waals surface area (Å²) in [4.78, 5) is 0. The molecule has 0 unspecified atom stereocenters. The molecule has 3 N–H and O–H groups in total. The van der Waals surface area contributed by atoms with Gasteiger partial charge in [-0.25, -0.2) is 5.53 Å². The molecule has 124 valence electrons. The van der Waals surface area contributed by atoms with Crippen LogP contribution in [0, 0.1) is 10.9 Å². The third-order valence-electron chi connectivity index (χ3n) is 3.91. The van der Waals surface area contributed by atoms with Crippen molar-refractivity contribution in [2.75, 3.05) is 5.32 Å². The molecule has 0 aliphatic heterocycles. The molecule has 3 aromatic carbocycles. The van der Waals surface area contributed by atoms with Gasteiger partial charge in [0.15, 0.2) is 5.84 Å². The van der Waals surface area contributed by atoms with Crippen LogP contribution in [0.4, 0.5) is 5.69 Å². The zero-order valence-corrected chi connectivity index (χ0v) is 14.2. The van der Waals surface area contributed by atoms with Gasteiger partial charge in [0.05, 0.1) is 0 Å². The molecule has 0 amide bonds. The highest BCUT2D eigenvalue weighted by Crippen LogP contribution is 2.27. The Morgan fingerprint density at radius 1 is 0.920 bits per heavy atom. The number of nitrogens with zero attached hydrogens (tertiary/aromatic N) is 1. The van der Waals surface area contributed by atoms with Crippen LogP contribution in [0.1, 0.15) is 11.1 Å². The van der Waals surface area contributed by atoms with Crippen molar-refractivity contribution < 1.29 is 0 Å². The summed E-state index contributed by atoms with van der Waals surface area (Å²) in [6.07, 6.45) is 0. The van der Waals surface area contributed by atoms with Gasteiger partial charge in [0, 0.05) is 28.4 Å². The van der Waals surface area contributed by atoms with Crippen LogP contribution in [-0.4, -0.2) is 5.84 Å². The van der Waals surface area contributed by atoms with Gasteiger partial charge in [0.1, 0.15) is 0 Å². The Kier molecular flexibility index (Phi) is 5.21. The molecule has 0 heterocycles. The van der Waals surface area contributed by atoms with E-state index in [1.165, 1.54) is 0 Å². The zero-order chi connectivity index (χ0) is 17.6. The third-order valence-corrected chi connectivity index (χ3v) is 4.24. The molecule has 4 nitrogen and oxygen atoms in total. The van der Waals surface area contributed by atoms with Crippen molar-refractivity contribution in [1.29, 1.82) is 10.9 Å². The number of halogens is 1. The number of rotatable bonds is 5. The summed E-state index contributed by atoms with van der Waals surface area (Å²) in [5, 5.41) is 14.7. The number of anilines is 1. The van der Waals surface area contributed by atoms with Gasteiger partial charge in [-0.15, -0.1) is 5.11 Å². The smallest absolute Gasteiger partial charge is 0.173 e. The van der Waals surface area contributed by atoms with Crippen LogP contribution in [-0.2, 0) is 6.54 Å². The molecule has 0 spiro atoms. The Morgan fingerprint density at radius 3 is 2.24 bits per heavy atom. The average molecular weight is 349 g/mol. The van der Waals surface area contributed by atoms with Crippen LogP contribution >= 0.6 is 11.6 Å². The van der Waals surface area contributed by atoms with Crippen molar-refractivity contribution in [3.63, 3.8) is 0 Å². The van der Waals surface area contributed by atoms with Crippen molar-refractivity contribution in [3.05, 3.63) is 88.9 Å². The van der Waals surface area contributed by atoms with E-state index in [0.717, 1.165) is 27.4 Å². The maximum Gasteiger partial charge on any atom is 0.173 e. The molecule has 0 radical (unpaired) electrons. The number of hydrogen-bond acceptors (Lipinski definition) is 3. The highest BCUT2D eigenvalue weighted by atomic mass is 35.5. The van der Waals surface area contributed by atoms with E-state index < -0.39 is 0 Å². The summed E-state index contributed by atoms with van der Waals surface area (Å²) in [6.45, 7) is 0.697. The first-order valence-electron chi connectivity index (χ1n) is 7.81. The minimum atomic E-state index is -0.0401. The lowest BCUT2D eigenvalue weighted by atomic mass is 10.0. The Balaban J connectivity index is 1.65. The fourth-order valence-electron chi connectivity index (χ4n) is 2.51. The van der Waals surface area contributed by atoms with E-state index in [2.05, 4.69) is 34.7 Å². The SMILES string of the molecule is N=NC(=N)c1ccc(NCc2ccc(-c3ccccc3Cl)cc2)cc1. The maximum atomic E-state index is 7.51. The molecule has 25 heavy (non-hydrogen) atoms. The molecule has 5 heteroatoms. The molecule has 0 aliphatic rings. The van der Waals surface area contributed by atoms with E-state index in [0.29, 0.717) is 12.1 Å². The molecule has 3 aromatic rings. The summed E-state index contributed by atoms with van der Waals surface area (Å²) >= 11 is 6.24. The van der Waals surface area contributed by atoms with E-state index in [1.807, 2.05) is 36.4 Å². The largest absolute Gasteiger partial charge is 0.381 e. The second-order valence-electron chi connectivity index (χ2n) is 5.57. The standard InChI is InChI=1S/C20H17ClN4/c21-19-4-2-1-3-18(19)15-7-5-14(6-8-15)13-24-17-11-9-16(10-12-17)20(22)25-23/h1-12,22-24H,13H2. The Morgan fingerprint density at radius 2 is 1.60 bits per heavy atom. The molecule has 0 saturated heterocycles. The lowest BCUT2D eigenvalue weighted by Crippen LogP contribution is -2.00. The second kappa shape index (κ2) is 7.73. The Bertz CT molecular complexity index is 886. The van der Waals surface area contributed by atoms with Crippen molar-refractivity contribution in [3.8, 4) is 11.1 Å². The average Bonchev–Trinajstić information content (AvgIpc) is 2.67. The summed E-state index contributed by atoms with van der Waals surface area (Å²) < 4.78 is 0. The van der Waals surface area contributed by atoms with Gasteiger partial charge in [-0.3, -0.25) is 5.41 Å². The molecule has 0 fully saturated rings. The number of benzene rings is 3. The topological polar surface area (TPSA) is 72.1 Å². The predicted molar refractivity (Wildman–Crippen MR) is 103 cm³/mol. The van der Waals surface area contributed by atoms with Crippen molar-refractivity contribution in [1.82, 2.24) is 0 Å². The van der Waals surface area contributed by atoms with E-state index in [9.17, 15) is 0 Å². The van der Waals surface area contributed by atoms with Gasteiger partial charge < -0.3 is 5.32 Å². The number of amidine groups is 1. The molecule has 0 bridgehead atoms. The van der Waals surface area contributed by atoms with Crippen LogP contribution in [0.5, 0.6) is 0 Å². The van der Waals surface area contributed by atoms with E-state index >= 15 is 0 Å². The lowest BCUT2D eigenvalue weighted by molar-refractivity contribution is 1.15. The molecule has 0 atom stereocenters. The van der Waals surface area contributed by atoms with Crippen LogP contribution in [0.25, 0.3) is 11.1 Å². The molecule has 0 saturated carbocycles. The van der Waals surface area contributed by atoms with E-state index in [-0.39, 0.29) is 5.84 Å². The highest BCUT2D eigenvalue weighted by Gasteiger charge is 2.03. The second-order valence-corrected chi connectivity index (χ2v) is 5.98. The van der Waals surface area contributed by atoms with Gasteiger partial charge in [0.2, 0.25) is 0 Å². The van der Waals surface area contributed by atoms with Crippen LogP contribution in [0.15, 0.2) is 77.9 Å². The van der Waals surface area contributed by atoms with E-state index in [4.69, 9.17) is 22.5 Å². The first-order valence-corrected chi connectivity index (χ1v) is 8.19. The third kappa shape index (κ3) is 4.11. The minimum absolute atomic E-state index is 0.0401. The van der Waals surface area contributed by atoms with Crippen LogP contribution < -0.4 is 5.32 Å². The molecule has 3 rings (SSSR count). The maximum absolute atomic E-state index is 7.51. The number of nitrogens with one attached hydrogen (secondary N) is 3. The molecule has 0 aliphatic carbocycles. The zero-order valence-electron chi connectivity index (χ0n) is 13.5. The molecular weight excluding hydrogens is 332 g/mol. The van der Waals surface area contributed by atoms with Crippen molar-refractivity contribution in [2.45, 2.75) is 6.54 Å². The van der Waals surface area contributed by atoms with Crippen LogP contribution in [0.3, 0.4) is 0 Å². The summed E-state index contributed by atoms with van der Waals surface area (Å²) in [7, 11) is 0. The highest BCUT2D eigenvalue weighted by molar-refractivity contribution is 6.33. The summed E-state index contributed by atoms with van der Waals surface area (Å²) in [6, 6.07) is 23.4. The fraction of sp³-hybridized carbons (Fsp3) is 0.0500. The van der Waals surface area contributed by atoms with Gasteiger partial charge in [-0.05, 0) is 41.5 Å². The van der Waals surface area contributed by atoms with E-state index in [1.54, 1.807) is 12.1 Å². The van der Waals surface area contributed by atoms with Crippen LogP contribution in [0.2, 0.25) is 5.02 Å². The Hall–Kier alpha value is -2.98.